The molecule has 1 aromatic rings. The summed E-state index contributed by atoms with van der Waals surface area (Å²) >= 11 is 1.40. The van der Waals surface area contributed by atoms with E-state index in [1.54, 1.807) is 13.2 Å². The van der Waals surface area contributed by atoms with Crippen molar-refractivity contribution in [3.8, 4) is 0 Å². The molecule has 1 amide bonds. The van der Waals surface area contributed by atoms with E-state index in [2.05, 4.69) is 10.4 Å². The Morgan fingerprint density at radius 3 is 3.07 bits per heavy atom. The van der Waals surface area contributed by atoms with Gasteiger partial charge in [0.2, 0.25) is 5.91 Å². The van der Waals surface area contributed by atoms with Gasteiger partial charge in [0.1, 0.15) is 6.26 Å². The minimum absolute atomic E-state index is 0.155. The lowest BCUT2D eigenvalue weighted by Crippen LogP contribution is -2.35. The Morgan fingerprint density at radius 1 is 1.86 bits per heavy atom. The number of nitrogens with zero attached hydrogens (tertiary/aromatic N) is 1. The van der Waals surface area contributed by atoms with Crippen LogP contribution in [0.3, 0.4) is 0 Å². The van der Waals surface area contributed by atoms with Gasteiger partial charge in [-0.3, -0.25) is 10.2 Å². The maximum atomic E-state index is 11.0. The molecule has 1 rings (SSSR count). The lowest BCUT2D eigenvalue weighted by molar-refractivity contribution is -0.123. The summed E-state index contributed by atoms with van der Waals surface area (Å²) in [5, 5.41) is 0.583. The fourth-order valence-electron chi connectivity index (χ4n) is 0.813. The van der Waals surface area contributed by atoms with Gasteiger partial charge in [0, 0.05) is 11.7 Å². The molecule has 0 aliphatic carbocycles. The van der Waals surface area contributed by atoms with Crippen molar-refractivity contribution in [3.63, 3.8) is 0 Å². The van der Waals surface area contributed by atoms with E-state index in [9.17, 15) is 4.79 Å². The molecule has 0 saturated carbocycles. The van der Waals surface area contributed by atoms with Crippen molar-refractivity contribution in [1.29, 1.82) is 0 Å². The second-order valence-corrected chi connectivity index (χ2v) is 3.95. The van der Waals surface area contributed by atoms with Gasteiger partial charge in [0.25, 0.3) is 5.22 Å². The molecule has 0 aliphatic rings. The minimum Gasteiger partial charge on any atom is -0.440 e. The highest BCUT2D eigenvalue weighted by Crippen LogP contribution is 2.19. The number of carbonyl (C=O) groups excluding carboxylic acids is 1. The number of carbonyl (C=O) groups is 1. The number of nitrogens with one attached hydrogen (secondary N) is 1. The van der Waals surface area contributed by atoms with Gasteiger partial charge in [-0.05, 0) is 6.92 Å². The Morgan fingerprint density at radius 2 is 2.57 bits per heavy atom. The first-order valence-electron chi connectivity index (χ1n) is 4.19. The van der Waals surface area contributed by atoms with E-state index < -0.39 is 0 Å². The molecule has 0 bridgehead atoms. The zero-order valence-electron chi connectivity index (χ0n) is 8.11. The highest BCUT2D eigenvalue weighted by atomic mass is 32.2. The highest BCUT2D eigenvalue weighted by molar-refractivity contribution is 7.99. The van der Waals surface area contributed by atoms with Crippen molar-refractivity contribution >= 4 is 17.7 Å². The number of hydrogen-bond donors (Lipinski definition) is 2. The first-order chi connectivity index (χ1) is 6.63. The molecule has 1 atom stereocenters. The molecule has 1 heterocycles. The second kappa shape index (κ2) is 5.02. The summed E-state index contributed by atoms with van der Waals surface area (Å²) in [5.74, 6) is 5.26. The van der Waals surface area contributed by atoms with Gasteiger partial charge in [-0.1, -0.05) is 18.7 Å². The van der Waals surface area contributed by atoms with E-state index in [1.807, 2.05) is 6.92 Å². The van der Waals surface area contributed by atoms with Crippen molar-refractivity contribution in [2.45, 2.75) is 19.1 Å². The number of aromatic nitrogens is 1. The van der Waals surface area contributed by atoms with Crippen LogP contribution in [0.1, 0.15) is 12.6 Å². The summed E-state index contributed by atoms with van der Waals surface area (Å²) in [6, 6.07) is 0. The predicted octanol–water partition coefficient (Wildman–Crippen LogP) is 0.701. The van der Waals surface area contributed by atoms with Gasteiger partial charge in [0.15, 0.2) is 0 Å². The molecule has 0 fully saturated rings. The van der Waals surface area contributed by atoms with E-state index in [4.69, 9.17) is 10.3 Å². The normalized spacial score (nSPS) is 12.5. The van der Waals surface area contributed by atoms with Gasteiger partial charge < -0.3 is 4.42 Å². The summed E-state index contributed by atoms with van der Waals surface area (Å²) in [4.78, 5) is 15.1. The molecule has 78 valence electrons. The summed E-state index contributed by atoms with van der Waals surface area (Å²) < 4.78 is 5.12. The van der Waals surface area contributed by atoms with Crippen LogP contribution in [0.15, 0.2) is 15.9 Å². The van der Waals surface area contributed by atoms with Gasteiger partial charge in [-0.2, -0.15) is 0 Å². The highest BCUT2D eigenvalue weighted by Gasteiger charge is 2.13. The molecule has 0 spiro atoms. The maximum absolute atomic E-state index is 11.0. The number of aryl methyl sites for hydroxylation is 1. The number of oxazole rings is 1. The van der Waals surface area contributed by atoms with Crippen LogP contribution >= 0.6 is 11.8 Å². The van der Waals surface area contributed by atoms with E-state index in [1.165, 1.54) is 11.8 Å². The Labute approximate surface area is 86.4 Å². The van der Waals surface area contributed by atoms with Crippen LogP contribution in [0.2, 0.25) is 0 Å². The van der Waals surface area contributed by atoms with Crippen LogP contribution in [-0.4, -0.2) is 16.6 Å². The number of hydrazine groups is 1. The average Bonchev–Trinajstić information content (AvgIpc) is 2.59. The molecule has 1 aromatic heterocycles. The van der Waals surface area contributed by atoms with Gasteiger partial charge in [-0.25, -0.2) is 10.8 Å². The van der Waals surface area contributed by atoms with Crippen LogP contribution in [0.25, 0.3) is 0 Å². The first kappa shape index (κ1) is 11.1. The number of thioether (sulfide) groups is 1. The molecule has 0 saturated heterocycles. The monoisotopic (exact) mass is 215 g/mol. The van der Waals surface area contributed by atoms with Crippen molar-refractivity contribution < 1.29 is 9.21 Å². The molecule has 14 heavy (non-hydrogen) atoms. The standard InChI is InChI=1S/C8H13N3O2S/c1-5(7(12)11-9)4-14-8-10-6(2)3-13-8/h3,5H,4,9H2,1-2H3,(H,11,12). The van der Waals surface area contributed by atoms with Crippen LogP contribution in [-0.2, 0) is 4.79 Å². The smallest absolute Gasteiger partial charge is 0.255 e. The van der Waals surface area contributed by atoms with Crippen molar-refractivity contribution in [2.75, 3.05) is 5.75 Å². The number of rotatable bonds is 4. The third-order valence-electron chi connectivity index (χ3n) is 1.64. The SMILES string of the molecule is Cc1coc(SCC(C)C(=O)NN)n1. The maximum Gasteiger partial charge on any atom is 0.255 e. The molecule has 1 unspecified atom stereocenters. The van der Waals surface area contributed by atoms with Gasteiger partial charge >= 0.3 is 0 Å². The first-order valence-corrected chi connectivity index (χ1v) is 5.17. The van der Waals surface area contributed by atoms with E-state index >= 15 is 0 Å². The van der Waals surface area contributed by atoms with E-state index in [-0.39, 0.29) is 11.8 Å². The Bertz CT molecular complexity index is 313. The Hall–Kier alpha value is -1.01. The van der Waals surface area contributed by atoms with Crippen LogP contribution in [0, 0.1) is 12.8 Å². The van der Waals surface area contributed by atoms with Gasteiger partial charge in [-0.15, -0.1) is 0 Å². The summed E-state index contributed by atoms with van der Waals surface area (Å²) in [7, 11) is 0. The molecule has 6 heteroatoms. The van der Waals surface area contributed by atoms with E-state index in [0.29, 0.717) is 11.0 Å². The summed E-state index contributed by atoms with van der Waals surface area (Å²) in [6.07, 6.45) is 1.58. The Balaban J connectivity index is 2.37. The van der Waals surface area contributed by atoms with Crippen LogP contribution in [0.4, 0.5) is 0 Å². The van der Waals surface area contributed by atoms with Crippen molar-refractivity contribution in [2.24, 2.45) is 11.8 Å². The second-order valence-electron chi connectivity index (χ2n) is 2.98. The van der Waals surface area contributed by atoms with Gasteiger partial charge in [0.05, 0.1) is 5.69 Å². The lowest BCUT2D eigenvalue weighted by atomic mass is 10.2. The zero-order chi connectivity index (χ0) is 10.6. The molecule has 0 aliphatic heterocycles. The third kappa shape index (κ3) is 3.04. The Kier molecular flexibility index (Phi) is 3.97. The van der Waals surface area contributed by atoms with Crippen LogP contribution in [0.5, 0.6) is 0 Å². The fraction of sp³-hybridized carbons (Fsp3) is 0.500. The quantitative estimate of drug-likeness (QED) is 0.334. The number of hydrogen-bond acceptors (Lipinski definition) is 5. The molecule has 0 radical (unpaired) electrons. The molecule has 0 aromatic carbocycles. The van der Waals surface area contributed by atoms with Crippen molar-refractivity contribution in [3.05, 3.63) is 12.0 Å². The number of nitrogens with two attached hydrogens (primary N) is 1. The predicted molar refractivity (Wildman–Crippen MR) is 53.5 cm³/mol. The number of amides is 1. The molecule has 3 N–H and O–H groups in total. The zero-order valence-corrected chi connectivity index (χ0v) is 8.93. The van der Waals surface area contributed by atoms with E-state index in [0.717, 1.165) is 5.69 Å². The van der Waals surface area contributed by atoms with Crippen LogP contribution < -0.4 is 11.3 Å². The summed E-state index contributed by atoms with van der Waals surface area (Å²) in [6.45, 7) is 3.65. The summed E-state index contributed by atoms with van der Waals surface area (Å²) in [5.41, 5.74) is 2.94. The lowest BCUT2D eigenvalue weighted by Gasteiger charge is -2.06. The molecule has 5 nitrogen and oxygen atoms in total. The molecular weight excluding hydrogens is 202 g/mol. The van der Waals surface area contributed by atoms with Crippen molar-refractivity contribution in [1.82, 2.24) is 10.4 Å². The average molecular weight is 215 g/mol. The third-order valence-corrected chi connectivity index (χ3v) is 2.75. The fourth-order valence-corrected chi connectivity index (χ4v) is 1.68. The molecular formula is C8H13N3O2S. The topological polar surface area (TPSA) is 81.2 Å². The minimum atomic E-state index is -0.180. The largest absolute Gasteiger partial charge is 0.440 e.